The number of pyridine rings is 2. The molecule has 0 aromatic carbocycles. The van der Waals surface area contributed by atoms with Crippen molar-refractivity contribution in [3.8, 4) is 0 Å². The van der Waals surface area contributed by atoms with E-state index in [1.807, 2.05) is 12.1 Å². The van der Waals surface area contributed by atoms with Gasteiger partial charge in [0, 0.05) is 12.4 Å². The second kappa shape index (κ2) is 5.25. The van der Waals surface area contributed by atoms with Crippen LogP contribution in [0.15, 0.2) is 36.7 Å². The van der Waals surface area contributed by atoms with Gasteiger partial charge in [0.2, 0.25) is 0 Å². The predicted octanol–water partition coefficient (Wildman–Crippen LogP) is 2.25. The van der Waals surface area contributed by atoms with Crippen molar-refractivity contribution < 1.29 is 0 Å². The highest BCUT2D eigenvalue weighted by atomic mass is 14.6. The van der Waals surface area contributed by atoms with Crippen LogP contribution in [0.25, 0.3) is 0 Å². The first kappa shape index (κ1) is 9.84. The lowest BCUT2D eigenvalue weighted by Crippen LogP contribution is -1.91. The molecule has 2 nitrogen and oxygen atoms in total. The Morgan fingerprint density at radius 3 is 1.80 bits per heavy atom. The second-order valence-corrected chi connectivity index (χ2v) is 3.40. The minimum absolute atomic E-state index is 1.01. The van der Waals surface area contributed by atoms with Crippen LogP contribution in [0.1, 0.15) is 17.5 Å². The number of aryl methyl sites for hydroxylation is 2. The summed E-state index contributed by atoms with van der Waals surface area (Å²) in [7, 11) is 0. The summed E-state index contributed by atoms with van der Waals surface area (Å²) in [5, 5.41) is 0. The molecule has 2 heterocycles. The van der Waals surface area contributed by atoms with Crippen LogP contribution in [0.3, 0.4) is 0 Å². The van der Waals surface area contributed by atoms with Gasteiger partial charge in [-0.1, -0.05) is 12.1 Å². The topological polar surface area (TPSA) is 25.8 Å². The largest absolute Gasteiger partial charge is 0.254 e. The van der Waals surface area contributed by atoms with Gasteiger partial charge in [-0.15, -0.1) is 0 Å². The Hall–Kier alpha value is -1.70. The maximum atomic E-state index is 3.97. The van der Waals surface area contributed by atoms with Crippen molar-refractivity contribution in [1.82, 2.24) is 9.97 Å². The van der Waals surface area contributed by atoms with Crippen LogP contribution >= 0.6 is 0 Å². The van der Waals surface area contributed by atoms with Gasteiger partial charge in [0.25, 0.3) is 0 Å². The Labute approximate surface area is 90.0 Å². The van der Waals surface area contributed by atoms with Crippen molar-refractivity contribution in [1.29, 1.82) is 0 Å². The van der Waals surface area contributed by atoms with Crippen LogP contribution in [-0.2, 0) is 12.8 Å². The molecule has 0 unspecified atom stereocenters. The maximum absolute atomic E-state index is 3.97. The molecule has 0 aliphatic heterocycles. The predicted molar refractivity (Wildman–Crippen MR) is 58.2 cm³/mol. The fourth-order valence-corrected chi connectivity index (χ4v) is 1.47. The van der Waals surface area contributed by atoms with E-state index in [1.165, 1.54) is 11.1 Å². The van der Waals surface area contributed by atoms with Crippen molar-refractivity contribution in [2.75, 3.05) is 0 Å². The molecule has 2 radical (unpaired) electrons. The minimum Gasteiger partial charge on any atom is -0.254 e. The van der Waals surface area contributed by atoms with Gasteiger partial charge in [-0.25, -0.2) is 0 Å². The number of hydrogen-bond acceptors (Lipinski definition) is 2. The van der Waals surface area contributed by atoms with Gasteiger partial charge in [0.1, 0.15) is 0 Å². The van der Waals surface area contributed by atoms with Crippen molar-refractivity contribution in [3.63, 3.8) is 0 Å². The van der Waals surface area contributed by atoms with E-state index >= 15 is 0 Å². The van der Waals surface area contributed by atoms with Crippen LogP contribution in [0.4, 0.5) is 0 Å². The monoisotopic (exact) mass is 196 g/mol. The van der Waals surface area contributed by atoms with Gasteiger partial charge >= 0.3 is 0 Å². The Morgan fingerprint density at radius 2 is 1.40 bits per heavy atom. The van der Waals surface area contributed by atoms with Gasteiger partial charge < -0.3 is 0 Å². The number of nitrogens with zero attached hydrogens (tertiary/aromatic N) is 2. The van der Waals surface area contributed by atoms with E-state index in [0.717, 1.165) is 19.3 Å². The third-order valence-corrected chi connectivity index (χ3v) is 2.22. The Morgan fingerprint density at radius 1 is 0.867 bits per heavy atom. The molecule has 0 atom stereocenters. The zero-order valence-corrected chi connectivity index (χ0v) is 8.48. The molecule has 0 N–H and O–H groups in total. The molecule has 0 aliphatic rings. The van der Waals surface area contributed by atoms with Crippen LogP contribution in [0.2, 0.25) is 0 Å². The summed E-state index contributed by atoms with van der Waals surface area (Å²) in [5.74, 6) is 0. The van der Waals surface area contributed by atoms with Gasteiger partial charge in [-0.3, -0.25) is 9.97 Å². The summed E-state index contributed by atoms with van der Waals surface area (Å²) >= 11 is 0. The zero-order chi connectivity index (χ0) is 10.3. The summed E-state index contributed by atoms with van der Waals surface area (Å²) in [4.78, 5) is 7.93. The minimum atomic E-state index is 1.01. The summed E-state index contributed by atoms with van der Waals surface area (Å²) < 4.78 is 0. The molecule has 0 saturated carbocycles. The summed E-state index contributed by atoms with van der Waals surface area (Å²) in [6.45, 7) is 0. The molecule has 2 aromatic heterocycles. The quantitative estimate of drug-likeness (QED) is 0.749. The van der Waals surface area contributed by atoms with Gasteiger partial charge in [0.05, 0.1) is 12.4 Å². The van der Waals surface area contributed by atoms with E-state index in [9.17, 15) is 0 Å². The van der Waals surface area contributed by atoms with Crippen molar-refractivity contribution in [2.24, 2.45) is 0 Å². The second-order valence-electron chi connectivity index (χ2n) is 3.40. The molecule has 74 valence electrons. The SMILES string of the molecule is [c]1ncccc1CCCc1[c]nccc1. The highest BCUT2D eigenvalue weighted by Gasteiger charge is 1.95. The standard InChI is InChI=1S/C13H12N2/c1(4-12-6-2-8-14-10-12)5-13-7-3-9-15-11-13/h2-3,6-9H,1,4-5H2. The summed E-state index contributed by atoms with van der Waals surface area (Å²) in [6.07, 6.45) is 12.6. The molecule has 15 heavy (non-hydrogen) atoms. The summed E-state index contributed by atoms with van der Waals surface area (Å²) in [6, 6.07) is 8.00. The molecule has 0 spiro atoms. The first-order valence-corrected chi connectivity index (χ1v) is 5.08. The summed E-state index contributed by atoms with van der Waals surface area (Å²) in [5.41, 5.74) is 2.34. The van der Waals surface area contributed by atoms with Gasteiger partial charge in [-0.2, -0.15) is 0 Å². The van der Waals surface area contributed by atoms with Crippen LogP contribution < -0.4 is 0 Å². The third kappa shape index (κ3) is 3.17. The first-order valence-electron chi connectivity index (χ1n) is 5.08. The van der Waals surface area contributed by atoms with Crippen molar-refractivity contribution >= 4 is 0 Å². The first-order chi connectivity index (χ1) is 7.45. The molecule has 0 aliphatic carbocycles. The number of rotatable bonds is 4. The lowest BCUT2D eigenvalue weighted by molar-refractivity contribution is 0.811. The van der Waals surface area contributed by atoms with Crippen LogP contribution in [-0.4, -0.2) is 9.97 Å². The Bertz CT molecular complexity index is 344. The Balaban J connectivity index is 1.81. The fourth-order valence-electron chi connectivity index (χ4n) is 1.47. The molecule has 0 fully saturated rings. The van der Waals surface area contributed by atoms with E-state index in [1.54, 1.807) is 12.4 Å². The number of aromatic nitrogens is 2. The highest BCUT2D eigenvalue weighted by Crippen LogP contribution is 2.05. The highest BCUT2D eigenvalue weighted by molar-refractivity contribution is 5.10. The molecule has 0 bridgehead atoms. The van der Waals surface area contributed by atoms with Crippen molar-refractivity contribution in [3.05, 3.63) is 60.2 Å². The molecule has 0 saturated heterocycles. The average Bonchev–Trinajstić information content (AvgIpc) is 2.32. The lowest BCUT2D eigenvalue weighted by atomic mass is 10.1. The zero-order valence-electron chi connectivity index (χ0n) is 8.48. The Kier molecular flexibility index (Phi) is 3.44. The van der Waals surface area contributed by atoms with Crippen LogP contribution in [0, 0.1) is 12.4 Å². The molecule has 2 heteroatoms. The van der Waals surface area contributed by atoms with Gasteiger partial charge in [-0.05, 0) is 42.5 Å². The van der Waals surface area contributed by atoms with E-state index in [2.05, 4.69) is 34.5 Å². The third-order valence-electron chi connectivity index (χ3n) is 2.22. The molecular weight excluding hydrogens is 184 g/mol. The van der Waals surface area contributed by atoms with Crippen molar-refractivity contribution in [2.45, 2.75) is 19.3 Å². The smallest absolute Gasteiger partial charge is 0.0920 e. The normalized spacial score (nSPS) is 10.1. The average molecular weight is 196 g/mol. The van der Waals surface area contributed by atoms with Crippen LogP contribution in [0.5, 0.6) is 0 Å². The van der Waals surface area contributed by atoms with E-state index < -0.39 is 0 Å². The fraction of sp³-hybridized carbons (Fsp3) is 0.231. The van der Waals surface area contributed by atoms with E-state index in [4.69, 9.17) is 0 Å². The van der Waals surface area contributed by atoms with Gasteiger partial charge in [0.15, 0.2) is 0 Å². The molecule has 2 aromatic rings. The van der Waals surface area contributed by atoms with E-state index in [-0.39, 0.29) is 0 Å². The maximum Gasteiger partial charge on any atom is 0.0920 e. The molecule has 2 rings (SSSR count). The number of hydrogen-bond donors (Lipinski definition) is 0. The lowest BCUT2D eigenvalue weighted by Gasteiger charge is -2.00. The molecule has 0 amide bonds. The molecular formula is C13H12N2. The van der Waals surface area contributed by atoms with E-state index in [0.29, 0.717) is 0 Å².